The highest BCUT2D eigenvalue weighted by Gasteiger charge is 2.27. The van der Waals surface area contributed by atoms with Gasteiger partial charge in [-0.1, -0.05) is 23.4 Å². The van der Waals surface area contributed by atoms with Crippen LogP contribution in [0.5, 0.6) is 5.75 Å². The number of anilines is 1. The lowest BCUT2D eigenvalue weighted by molar-refractivity contribution is -0.115. The predicted octanol–water partition coefficient (Wildman–Crippen LogP) is 3.65. The number of nitrogens with zero attached hydrogens (tertiary/aromatic N) is 2. The van der Waals surface area contributed by atoms with E-state index >= 15 is 0 Å². The van der Waals surface area contributed by atoms with Crippen LogP contribution in [-0.4, -0.2) is 49.1 Å². The number of carbonyl (C=O) groups is 1. The monoisotopic (exact) mass is 455 g/mol. The van der Waals surface area contributed by atoms with Gasteiger partial charge in [-0.15, -0.1) is 0 Å². The molecule has 1 aliphatic heterocycles. The van der Waals surface area contributed by atoms with Crippen LogP contribution in [0.2, 0.25) is 5.02 Å². The molecule has 0 aliphatic carbocycles. The Bertz CT molecular complexity index is 977. The molecule has 0 bridgehead atoms. The summed E-state index contributed by atoms with van der Waals surface area (Å²) in [5.41, 5.74) is 0.563. The number of thioether (sulfide) groups is 1. The van der Waals surface area contributed by atoms with Crippen molar-refractivity contribution < 1.29 is 17.9 Å². The molecule has 29 heavy (non-hydrogen) atoms. The van der Waals surface area contributed by atoms with E-state index in [-0.39, 0.29) is 10.8 Å². The lowest BCUT2D eigenvalue weighted by Gasteiger charge is -2.16. The number of hydrogen-bond acceptors (Lipinski definition) is 6. The highest BCUT2D eigenvalue weighted by Crippen LogP contribution is 2.29. The summed E-state index contributed by atoms with van der Waals surface area (Å²) in [6.45, 7) is 2.85. The Morgan fingerprint density at radius 1 is 1.28 bits per heavy atom. The minimum Gasteiger partial charge on any atom is -0.495 e. The van der Waals surface area contributed by atoms with Gasteiger partial charge in [-0.05, 0) is 50.1 Å². The summed E-state index contributed by atoms with van der Waals surface area (Å²) in [5, 5.41) is 3.33. The van der Waals surface area contributed by atoms with Crippen molar-refractivity contribution in [3.63, 3.8) is 0 Å². The Morgan fingerprint density at radius 3 is 2.59 bits per heavy atom. The van der Waals surface area contributed by atoms with Gasteiger partial charge in [0.2, 0.25) is 15.9 Å². The van der Waals surface area contributed by atoms with Gasteiger partial charge in [0.1, 0.15) is 10.6 Å². The maximum Gasteiger partial charge on any atom is 0.244 e. The second kappa shape index (κ2) is 9.34. The minimum absolute atomic E-state index is 0.175. The number of amides is 1. The number of ether oxygens (including phenoxy) is 1. The van der Waals surface area contributed by atoms with Gasteiger partial charge in [0, 0.05) is 25.0 Å². The quantitative estimate of drug-likeness (QED) is 0.641. The van der Waals surface area contributed by atoms with E-state index in [1.807, 2.05) is 0 Å². The van der Waals surface area contributed by atoms with Crippen molar-refractivity contribution in [2.75, 3.05) is 25.5 Å². The molecule has 1 aliphatic rings. The molecule has 1 saturated heterocycles. The highest BCUT2D eigenvalue weighted by atomic mass is 35.5. The van der Waals surface area contributed by atoms with Crippen LogP contribution in [-0.2, 0) is 14.8 Å². The second-order valence-corrected chi connectivity index (χ2v) is 10.2. The lowest BCUT2D eigenvalue weighted by atomic mass is 10.3. The Labute approximate surface area is 179 Å². The van der Waals surface area contributed by atoms with E-state index < -0.39 is 15.3 Å². The average Bonchev–Trinajstić information content (AvgIpc) is 3.24. The van der Waals surface area contributed by atoms with Crippen molar-refractivity contribution in [3.8, 4) is 5.75 Å². The molecule has 1 aromatic heterocycles. The molecule has 1 aromatic carbocycles. The fourth-order valence-electron chi connectivity index (χ4n) is 2.89. The normalized spacial score (nSPS) is 15.8. The molecule has 1 amide bonds. The van der Waals surface area contributed by atoms with Gasteiger partial charge in [0.05, 0.1) is 22.4 Å². The molecule has 1 unspecified atom stereocenters. The van der Waals surface area contributed by atoms with E-state index in [0.717, 1.165) is 12.8 Å². The summed E-state index contributed by atoms with van der Waals surface area (Å²) in [6, 6.07) is 8.16. The van der Waals surface area contributed by atoms with Crippen molar-refractivity contribution in [1.29, 1.82) is 0 Å². The summed E-state index contributed by atoms with van der Waals surface area (Å²) in [5.74, 6) is 0.312. The Hall–Kier alpha value is -1.81. The summed E-state index contributed by atoms with van der Waals surface area (Å²) >= 11 is 7.32. The number of rotatable bonds is 7. The number of aromatic nitrogens is 1. The molecule has 10 heteroatoms. The van der Waals surface area contributed by atoms with Crippen LogP contribution in [0.3, 0.4) is 0 Å². The van der Waals surface area contributed by atoms with Gasteiger partial charge in [0.25, 0.3) is 0 Å². The molecule has 2 heterocycles. The van der Waals surface area contributed by atoms with Crippen LogP contribution in [0.25, 0.3) is 0 Å². The third kappa shape index (κ3) is 5.22. The zero-order valence-electron chi connectivity index (χ0n) is 16.1. The predicted molar refractivity (Wildman–Crippen MR) is 114 cm³/mol. The van der Waals surface area contributed by atoms with E-state index in [2.05, 4.69) is 10.3 Å². The zero-order valence-corrected chi connectivity index (χ0v) is 18.5. The summed E-state index contributed by atoms with van der Waals surface area (Å²) in [7, 11) is -1.97. The van der Waals surface area contributed by atoms with Crippen molar-refractivity contribution in [3.05, 3.63) is 41.6 Å². The minimum atomic E-state index is -3.49. The molecule has 156 valence electrons. The van der Waals surface area contributed by atoms with Crippen LogP contribution < -0.4 is 10.1 Å². The summed E-state index contributed by atoms with van der Waals surface area (Å²) in [4.78, 5) is 16.8. The number of pyridine rings is 1. The molecule has 7 nitrogen and oxygen atoms in total. The first kappa shape index (κ1) is 21.9. The van der Waals surface area contributed by atoms with Crippen molar-refractivity contribution in [1.82, 2.24) is 9.29 Å². The third-order valence-corrected chi connectivity index (χ3v) is 7.73. The molecule has 1 N–H and O–H groups in total. The van der Waals surface area contributed by atoms with Gasteiger partial charge < -0.3 is 10.1 Å². The molecule has 1 fully saturated rings. The Kier molecular flexibility index (Phi) is 7.05. The Morgan fingerprint density at radius 2 is 2.00 bits per heavy atom. The zero-order chi connectivity index (χ0) is 21.0. The molecular weight excluding hydrogens is 434 g/mol. The van der Waals surface area contributed by atoms with E-state index in [1.165, 1.54) is 35.4 Å². The molecule has 1 atom stereocenters. The van der Waals surface area contributed by atoms with E-state index in [1.54, 1.807) is 31.2 Å². The van der Waals surface area contributed by atoms with E-state index in [9.17, 15) is 13.2 Å². The van der Waals surface area contributed by atoms with Crippen LogP contribution in [0.1, 0.15) is 19.8 Å². The molecule has 0 saturated carbocycles. The number of hydrogen-bond donors (Lipinski definition) is 1. The molecular formula is C19H22ClN3O4S2. The highest BCUT2D eigenvalue weighted by molar-refractivity contribution is 8.00. The first-order chi connectivity index (χ1) is 13.8. The first-order valence-corrected chi connectivity index (χ1v) is 11.8. The van der Waals surface area contributed by atoms with Crippen molar-refractivity contribution in [2.24, 2.45) is 0 Å². The first-order valence-electron chi connectivity index (χ1n) is 9.08. The van der Waals surface area contributed by atoms with Gasteiger partial charge >= 0.3 is 0 Å². The second-order valence-electron chi connectivity index (χ2n) is 6.54. The summed E-state index contributed by atoms with van der Waals surface area (Å²) < 4.78 is 31.7. The van der Waals surface area contributed by atoms with Gasteiger partial charge in [0.15, 0.2) is 0 Å². The molecule has 3 rings (SSSR count). The number of halogens is 1. The van der Waals surface area contributed by atoms with E-state index in [0.29, 0.717) is 34.6 Å². The number of benzene rings is 1. The number of sulfonamides is 1. The molecule has 0 spiro atoms. The Balaban J connectivity index is 1.62. The fraction of sp³-hybridized carbons (Fsp3) is 0.368. The number of nitrogens with one attached hydrogen (secondary N) is 1. The topological polar surface area (TPSA) is 88.6 Å². The smallest absolute Gasteiger partial charge is 0.244 e. The van der Waals surface area contributed by atoms with Crippen LogP contribution >= 0.6 is 23.4 Å². The molecule has 2 aromatic rings. The van der Waals surface area contributed by atoms with Crippen molar-refractivity contribution >= 4 is 45.0 Å². The van der Waals surface area contributed by atoms with Gasteiger partial charge in [-0.25, -0.2) is 13.4 Å². The van der Waals surface area contributed by atoms with Crippen molar-refractivity contribution in [2.45, 2.75) is 34.9 Å². The maximum atomic E-state index is 12.5. The van der Waals surface area contributed by atoms with Crippen LogP contribution in [0.15, 0.2) is 46.5 Å². The SMILES string of the molecule is COc1ccc(NC(=O)C(C)Sc2ccc(S(=O)(=O)N3CCCC3)cn2)cc1Cl. The summed E-state index contributed by atoms with van der Waals surface area (Å²) in [6.07, 6.45) is 3.11. The maximum absolute atomic E-state index is 12.5. The van der Waals surface area contributed by atoms with E-state index in [4.69, 9.17) is 16.3 Å². The van der Waals surface area contributed by atoms with Crippen LogP contribution in [0.4, 0.5) is 5.69 Å². The largest absolute Gasteiger partial charge is 0.495 e. The fourth-order valence-corrected chi connectivity index (χ4v) is 5.40. The van der Waals surface area contributed by atoms with Gasteiger partial charge in [-0.2, -0.15) is 4.31 Å². The van der Waals surface area contributed by atoms with Gasteiger partial charge in [-0.3, -0.25) is 4.79 Å². The standard InChI is InChI=1S/C19H22ClN3O4S2/c1-13(19(24)22-14-5-7-17(27-2)16(20)11-14)28-18-8-6-15(12-21-18)29(25,26)23-9-3-4-10-23/h5-8,11-13H,3-4,9-10H2,1-2H3,(H,22,24). The molecule has 0 radical (unpaired) electrons. The third-order valence-electron chi connectivity index (χ3n) is 4.50. The lowest BCUT2D eigenvalue weighted by Crippen LogP contribution is -2.28. The number of carbonyl (C=O) groups excluding carboxylic acids is 1. The number of methoxy groups -OCH3 is 1. The average molecular weight is 456 g/mol. The van der Waals surface area contributed by atoms with Crippen LogP contribution in [0, 0.1) is 0 Å².